The molecule has 0 spiro atoms. The van der Waals surface area contributed by atoms with Gasteiger partial charge < -0.3 is 4.74 Å². The number of rotatable bonds is 5. The van der Waals surface area contributed by atoms with Gasteiger partial charge in [0.05, 0.1) is 18.6 Å². The molecule has 0 saturated carbocycles. The third-order valence-corrected chi connectivity index (χ3v) is 3.49. The Balaban J connectivity index is 2.68. The Hall–Kier alpha value is -0.900. The molecule has 1 aliphatic rings. The van der Waals surface area contributed by atoms with E-state index in [2.05, 4.69) is 0 Å². The molecule has 1 rings (SSSR count). The number of likely N-dealkylation sites (tertiary alicyclic amines) is 1. The van der Waals surface area contributed by atoms with Crippen LogP contribution in [0.15, 0.2) is 0 Å². The van der Waals surface area contributed by atoms with Crippen molar-refractivity contribution >= 4 is 11.8 Å². The summed E-state index contributed by atoms with van der Waals surface area (Å²) in [6, 6.07) is 0. The van der Waals surface area contributed by atoms with Gasteiger partial charge in [0.15, 0.2) is 0 Å². The Kier molecular flexibility index (Phi) is 4.08. The summed E-state index contributed by atoms with van der Waals surface area (Å²) in [4.78, 5) is 25.2. The number of amides is 2. The van der Waals surface area contributed by atoms with Crippen molar-refractivity contribution in [1.82, 2.24) is 4.90 Å². The first-order valence-corrected chi connectivity index (χ1v) is 5.86. The molecule has 1 heterocycles. The van der Waals surface area contributed by atoms with E-state index < -0.39 is 5.41 Å². The van der Waals surface area contributed by atoms with Crippen LogP contribution < -0.4 is 0 Å². The zero-order valence-corrected chi connectivity index (χ0v) is 10.6. The topological polar surface area (TPSA) is 46.6 Å². The average Bonchev–Trinajstić information content (AvgIpc) is 2.43. The highest BCUT2D eigenvalue weighted by Crippen LogP contribution is 2.38. The molecule has 1 saturated heterocycles. The van der Waals surface area contributed by atoms with Crippen molar-refractivity contribution in [3.8, 4) is 0 Å². The molecule has 4 heteroatoms. The molecule has 2 amide bonds. The fourth-order valence-electron chi connectivity index (χ4n) is 1.88. The van der Waals surface area contributed by atoms with Crippen LogP contribution in [0.2, 0.25) is 0 Å². The summed E-state index contributed by atoms with van der Waals surface area (Å²) < 4.78 is 5.17. The summed E-state index contributed by atoms with van der Waals surface area (Å²) in [5, 5.41) is 0. The number of ether oxygens (including phenoxy) is 1. The van der Waals surface area contributed by atoms with E-state index in [1.807, 2.05) is 27.7 Å². The van der Waals surface area contributed by atoms with Crippen molar-refractivity contribution < 1.29 is 14.3 Å². The third kappa shape index (κ3) is 2.26. The fourth-order valence-corrected chi connectivity index (χ4v) is 1.88. The molecule has 16 heavy (non-hydrogen) atoms. The monoisotopic (exact) mass is 227 g/mol. The van der Waals surface area contributed by atoms with Crippen LogP contribution in [-0.4, -0.2) is 36.5 Å². The molecule has 0 aromatic carbocycles. The maximum absolute atomic E-state index is 12.1. The summed E-state index contributed by atoms with van der Waals surface area (Å²) in [6.45, 7) is 9.16. The Morgan fingerprint density at radius 1 is 1.44 bits per heavy atom. The van der Waals surface area contributed by atoms with E-state index in [0.29, 0.717) is 26.2 Å². The quantitative estimate of drug-likeness (QED) is 0.527. The van der Waals surface area contributed by atoms with Gasteiger partial charge in [0.2, 0.25) is 11.8 Å². The van der Waals surface area contributed by atoms with Gasteiger partial charge in [-0.3, -0.25) is 14.5 Å². The first-order chi connectivity index (χ1) is 7.43. The lowest BCUT2D eigenvalue weighted by atomic mass is 9.78. The standard InChI is InChI=1S/C12H21NO3/c1-5-16-7-6-13-10(14)8-12(4,9(2)3)11(13)15/h9H,5-8H2,1-4H3. The van der Waals surface area contributed by atoms with Gasteiger partial charge in [-0.1, -0.05) is 13.8 Å². The van der Waals surface area contributed by atoms with Gasteiger partial charge in [-0.25, -0.2) is 0 Å². The molecule has 4 nitrogen and oxygen atoms in total. The maximum Gasteiger partial charge on any atom is 0.235 e. The summed E-state index contributed by atoms with van der Waals surface area (Å²) in [7, 11) is 0. The zero-order valence-electron chi connectivity index (χ0n) is 10.6. The van der Waals surface area contributed by atoms with Crippen molar-refractivity contribution in [2.45, 2.75) is 34.1 Å². The van der Waals surface area contributed by atoms with Gasteiger partial charge >= 0.3 is 0 Å². The molecule has 1 atom stereocenters. The molecule has 0 aromatic heterocycles. The van der Waals surface area contributed by atoms with Gasteiger partial charge in [-0.2, -0.15) is 0 Å². The number of hydrogen-bond acceptors (Lipinski definition) is 3. The molecule has 0 N–H and O–H groups in total. The predicted molar refractivity (Wildman–Crippen MR) is 60.8 cm³/mol. The molecular formula is C12H21NO3. The van der Waals surface area contributed by atoms with E-state index in [4.69, 9.17) is 4.74 Å². The van der Waals surface area contributed by atoms with E-state index in [9.17, 15) is 9.59 Å². The first kappa shape index (κ1) is 13.2. The van der Waals surface area contributed by atoms with Gasteiger partial charge in [0.1, 0.15) is 0 Å². The Bertz CT molecular complexity index is 288. The van der Waals surface area contributed by atoms with Crippen LogP contribution in [-0.2, 0) is 14.3 Å². The number of imide groups is 1. The Morgan fingerprint density at radius 3 is 2.50 bits per heavy atom. The predicted octanol–water partition coefficient (Wildman–Crippen LogP) is 1.44. The highest BCUT2D eigenvalue weighted by Gasteiger charge is 2.49. The van der Waals surface area contributed by atoms with E-state index in [-0.39, 0.29) is 17.7 Å². The average molecular weight is 227 g/mol. The minimum atomic E-state index is -0.525. The molecule has 1 aliphatic heterocycles. The Morgan fingerprint density at radius 2 is 2.06 bits per heavy atom. The molecule has 0 aromatic rings. The lowest BCUT2D eigenvalue weighted by Crippen LogP contribution is -2.38. The number of hydrogen-bond donors (Lipinski definition) is 0. The molecular weight excluding hydrogens is 206 g/mol. The summed E-state index contributed by atoms with van der Waals surface area (Å²) in [6.07, 6.45) is 0.329. The van der Waals surface area contributed by atoms with E-state index >= 15 is 0 Å². The van der Waals surface area contributed by atoms with Crippen LogP contribution >= 0.6 is 0 Å². The highest BCUT2D eigenvalue weighted by atomic mass is 16.5. The number of nitrogens with zero attached hydrogens (tertiary/aromatic N) is 1. The number of carbonyl (C=O) groups is 2. The molecule has 92 valence electrons. The molecule has 1 unspecified atom stereocenters. The van der Waals surface area contributed by atoms with Crippen molar-refractivity contribution in [3.63, 3.8) is 0 Å². The van der Waals surface area contributed by atoms with Crippen LogP contribution in [0.4, 0.5) is 0 Å². The van der Waals surface area contributed by atoms with Crippen LogP contribution in [0.1, 0.15) is 34.1 Å². The molecule has 1 fully saturated rings. The zero-order chi connectivity index (χ0) is 12.3. The van der Waals surface area contributed by atoms with Crippen molar-refractivity contribution in [3.05, 3.63) is 0 Å². The van der Waals surface area contributed by atoms with Crippen molar-refractivity contribution in [1.29, 1.82) is 0 Å². The van der Waals surface area contributed by atoms with Crippen LogP contribution in [0, 0.1) is 11.3 Å². The summed E-state index contributed by atoms with van der Waals surface area (Å²) in [5.41, 5.74) is -0.525. The molecule has 0 radical (unpaired) electrons. The van der Waals surface area contributed by atoms with Crippen molar-refractivity contribution in [2.24, 2.45) is 11.3 Å². The lowest BCUT2D eigenvalue weighted by Gasteiger charge is -2.25. The molecule has 0 aliphatic carbocycles. The van der Waals surface area contributed by atoms with Gasteiger partial charge in [-0.05, 0) is 19.8 Å². The van der Waals surface area contributed by atoms with E-state index in [0.717, 1.165) is 0 Å². The smallest absolute Gasteiger partial charge is 0.235 e. The van der Waals surface area contributed by atoms with Gasteiger partial charge in [0.25, 0.3) is 0 Å². The van der Waals surface area contributed by atoms with Gasteiger partial charge in [-0.15, -0.1) is 0 Å². The minimum absolute atomic E-state index is 0.0489. The highest BCUT2D eigenvalue weighted by molar-refractivity contribution is 6.05. The van der Waals surface area contributed by atoms with Crippen LogP contribution in [0.3, 0.4) is 0 Å². The lowest BCUT2D eigenvalue weighted by molar-refractivity contribution is -0.142. The van der Waals surface area contributed by atoms with Crippen molar-refractivity contribution in [2.75, 3.05) is 19.8 Å². The normalized spacial score (nSPS) is 25.9. The van der Waals surface area contributed by atoms with E-state index in [1.54, 1.807) is 0 Å². The fraction of sp³-hybridized carbons (Fsp3) is 0.833. The summed E-state index contributed by atoms with van der Waals surface area (Å²) >= 11 is 0. The first-order valence-electron chi connectivity index (χ1n) is 5.86. The van der Waals surface area contributed by atoms with Crippen LogP contribution in [0.5, 0.6) is 0 Å². The largest absolute Gasteiger partial charge is 0.380 e. The second-order valence-corrected chi connectivity index (χ2v) is 4.80. The molecule has 0 bridgehead atoms. The SMILES string of the molecule is CCOCCN1C(=O)CC(C)(C(C)C)C1=O. The Labute approximate surface area is 96.9 Å². The second-order valence-electron chi connectivity index (χ2n) is 4.80. The number of carbonyl (C=O) groups excluding carboxylic acids is 2. The van der Waals surface area contributed by atoms with Gasteiger partial charge in [0, 0.05) is 13.0 Å². The van der Waals surface area contributed by atoms with E-state index in [1.165, 1.54) is 4.90 Å². The minimum Gasteiger partial charge on any atom is -0.380 e. The second kappa shape index (κ2) is 4.95. The maximum atomic E-state index is 12.1. The third-order valence-electron chi connectivity index (χ3n) is 3.49. The summed E-state index contributed by atoms with van der Waals surface area (Å²) in [5.74, 6) is 0.0640. The van der Waals surface area contributed by atoms with Crippen LogP contribution in [0.25, 0.3) is 0 Å².